The number of carbonyl (C=O) groups is 2. The lowest BCUT2D eigenvalue weighted by Gasteiger charge is -2.04. The molecule has 17 heavy (non-hydrogen) atoms. The molecule has 2 aromatic carbocycles. The zero-order valence-corrected chi connectivity index (χ0v) is 8.96. The second-order valence-corrected chi connectivity index (χ2v) is 3.59. The van der Waals surface area contributed by atoms with Crippen LogP contribution in [0.25, 0.3) is 0 Å². The molecule has 2 aromatic rings. The molecule has 0 aliphatic rings. The minimum Gasteiger partial charge on any atom is -0.507 e. The van der Waals surface area contributed by atoms with Gasteiger partial charge in [-0.25, -0.2) is 0 Å². The Balaban J connectivity index is 2.42. The van der Waals surface area contributed by atoms with Crippen molar-refractivity contribution in [2.45, 2.75) is 0 Å². The van der Waals surface area contributed by atoms with Crippen LogP contribution in [0, 0.1) is 0 Å². The summed E-state index contributed by atoms with van der Waals surface area (Å²) in [7, 11) is 0. The van der Waals surface area contributed by atoms with Crippen LogP contribution >= 0.6 is 0 Å². The molecular formula is C14H10O3. The lowest BCUT2D eigenvalue weighted by Crippen LogP contribution is -2.01. The van der Waals surface area contributed by atoms with E-state index >= 15 is 0 Å². The monoisotopic (exact) mass is 226 g/mol. The number of carbonyl (C=O) groups excluding carboxylic acids is 2. The van der Waals surface area contributed by atoms with Gasteiger partial charge in [0.1, 0.15) is 12.0 Å². The van der Waals surface area contributed by atoms with Crippen molar-refractivity contribution in [1.29, 1.82) is 0 Å². The molecule has 0 amide bonds. The first-order valence-electron chi connectivity index (χ1n) is 5.10. The third kappa shape index (κ3) is 2.23. The molecule has 0 aliphatic heterocycles. The smallest absolute Gasteiger partial charge is 0.196 e. The van der Waals surface area contributed by atoms with E-state index in [2.05, 4.69) is 0 Å². The van der Waals surface area contributed by atoms with Crippen molar-refractivity contribution in [2.75, 3.05) is 0 Å². The Morgan fingerprint density at radius 1 is 1.06 bits per heavy atom. The first kappa shape index (κ1) is 11.1. The minimum absolute atomic E-state index is 0.177. The molecule has 0 unspecified atom stereocenters. The summed E-state index contributed by atoms with van der Waals surface area (Å²) in [6.07, 6.45) is 0.622. The number of phenolic OH excluding ortho intramolecular Hbond substituents is 1. The molecule has 0 saturated heterocycles. The number of phenols is 1. The van der Waals surface area contributed by atoms with Crippen LogP contribution < -0.4 is 0 Å². The van der Waals surface area contributed by atoms with Crippen LogP contribution in [0.1, 0.15) is 26.3 Å². The van der Waals surface area contributed by atoms with Crippen LogP contribution in [0.4, 0.5) is 0 Å². The van der Waals surface area contributed by atoms with Crippen molar-refractivity contribution in [3.8, 4) is 5.75 Å². The Kier molecular flexibility index (Phi) is 3.01. The SMILES string of the molecule is O=Cc1ccc(C(=O)c2ccccc2)c(O)c1. The van der Waals surface area contributed by atoms with Crippen molar-refractivity contribution in [3.63, 3.8) is 0 Å². The second-order valence-electron chi connectivity index (χ2n) is 3.59. The molecule has 0 atom stereocenters. The fourth-order valence-corrected chi connectivity index (χ4v) is 1.56. The van der Waals surface area contributed by atoms with Crippen LogP contribution in [0.2, 0.25) is 0 Å². The Bertz CT molecular complexity index is 559. The van der Waals surface area contributed by atoms with Gasteiger partial charge in [0.25, 0.3) is 0 Å². The zero-order chi connectivity index (χ0) is 12.3. The average molecular weight is 226 g/mol. The summed E-state index contributed by atoms with van der Waals surface area (Å²) in [5, 5.41) is 9.67. The van der Waals surface area contributed by atoms with E-state index < -0.39 is 0 Å². The predicted octanol–water partition coefficient (Wildman–Crippen LogP) is 2.44. The zero-order valence-electron chi connectivity index (χ0n) is 8.96. The lowest BCUT2D eigenvalue weighted by molar-refractivity contribution is 0.103. The fourth-order valence-electron chi connectivity index (χ4n) is 1.56. The van der Waals surface area contributed by atoms with E-state index in [0.29, 0.717) is 17.4 Å². The number of ketones is 1. The molecule has 0 radical (unpaired) electrons. The van der Waals surface area contributed by atoms with Gasteiger partial charge >= 0.3 is 0 Å². The molecule has 0 saturated carbocycles. The molecule has 84 valence electrons. The highest BCUT2D eigenvalue weighted by atomic mass is 16.3. The van der Waals surface area contributed by atoms with Crippen molar-refractivity contribution in [1.82, 2.24) is 0 Å². The standard InChI is InChI=1S/C14H10O3/c15-9-10-6-7-12(13(16)8-10)14(17)11-4-2-1-3-5-11/h1-9,16H. The predicted molar refractivity (Wildman–Crippen MR) is 63.4 cm³/mol. The Morgan fingerprint density at radius 3 is 2.35 bits per heavy atom. The summed E-state index contributed by atoms with van der Waals surface area (Å²) < 4.78 is 0. The molecule has 0 spiro atoms. The normalized spacial score (nSPS) is 9.88. The van der Waals surface area contributed by atoms with Gasteiger partial charge in [-0.2, -0.15) is 0 Å². The Hall–Kier alpha value is -2.42. The van der Waals surface area contributed by atoms with E-state index in [0.717, 1.165) is 0 Å². The maximum atomic E-state index is 12.0. The largest absolute Gasteiger partial charge is 0.507 e. The molecule has 2 rings (SSSR count). The molecule has 0 bridgehead atoms. The van der Waals surface area contributed by atoms with E-state index in [1.54, 1.807) is 24.3 Å². The van der Waals surface area contributed by atoms with Gasteiger partial charge in [0.15, 0.2) is 5.78 Å². The number of benzene rings is 2. The van der Waals surface area contributed by atoms with E-state index in [1.807, 2.05) is 6.07 Å². The molecule has 0 aromatic heterocycles. The first-order valence-corrected chi connectivity index (χ1v) is 5.10. The number of aldehydes is 1. The number of hydrogen-bond donors (Lipinski definition) is 1. The Labute approximate surface area is 98.3 Å². The van der Waals surface area contributed by atoms with Crippen molar-refractivity contribution in [3.05, 3.63) is 65.2 Å². The first-order chi connectivity index (χ1) is 8.22. The maximum absolute atomic E-state index is 12.0. The minimum atomic E-state index is -0.263. The third-order valence-electron chi connectivity index (χ3n) is 2.44. The molecule has 0 aliphatic carbocycles. The van der Waals surface area contributed by atoms with E-state index in [9.17, 15) is 14.7 Å². The molecule has 3 heteroatoms. The summed E-state index contributed by atoms with van der Waals surface area (Å²) >= 11 is 0. The van der Waals surface area contributed by atoms with Gasteiger partial charge in [-0.1, -0.05) is 36.4 Å². The van der Waals surface area contributed by atoms with Gasteiger partial charge in [-0.05, 0) is 12.1 Å². The van der Waals surface area contributed by atoms with Crippen LogP contribution in [-0.2, 0) is 0 Å². The fraction of sp³-hybridized carbons (Fsp3) is 0. The van der Waals surface area contributed by atoms with E-state index in [1.165, 1.54) is 18.2 Å². The number of aromatic hydroxyl groups is 1. The van der Waals surface area contributed by atoms with Gasteiger partial charge in [0.2, 0.25) is 0 Å². The van der Waals surface area contributed by atoms with E-state index in [-0.39, 0.29) is 17.1 Å². The summed E-state index contributed by atoms with van der Waals surface area (Å²) in [6.45, 7) is 0. The van der Waals surface area contributed by atoms with Crippen LogP contribution in [0.15, 0.2) is 48.5 Å². The molecule has 3 nitrogen and oxygen atoms in total. The summed E-state index contributed by atoms with van der Waals surface area (Å²) in [6, 6.07) is 12.9. The number of rotatable bonds is 3. The number of hydrogen-bond acceptors (Lipinski definition) is 3. The highest BCUT2D eigenvalue weighted by molar-refractivity contribution is 6.10. The third-order valence-corrected chi connectivity index (χ3v) is 2.44. The average Bonchev–Trinajstić information content (AvgIpc) is 2.39. The molecular weight excluding hydrogens is 216 g/mol. The van der Waals surface area contributed by atoms with Gasteiger partial charge < -0.3 is 5.11 Å². The van der Waals surface area contributed by atoms with Gasteiger partial charge in [-0.15, -0.1) is 0 Å². The van der Waals surface area contributed by atoms with E-state index in [4.69, 9.17) is 0 Å². The van der Waals surface area contributed by atoms with Gasteiger partial charge in [0, 0.05) is 11.1 Å². The second kappa shape index (κ2) is 4.61. The molecule has 0 fully saturated rings. The summed E-state index contributed by atoms with van der Waals surface area (Å²) in [5.74, 6) is -0.441. The summed E-state index contributed by atoms with van der Waals surface area (Å²) in [5.41, 5.74) is 1.04. The Morgan fingerprint density at radius 2 is 1.76 bits per heavy atom. The summed E-state index contributed by atoms with van der Waals surface area (Å²) in [4.78, 5) is 22.5. The lowest BCUT2D eigenvalue weighted by atomic mass is 10.0. The maximum Gasteiger partial charge on any atom is 0.196 e. The van der Waals surface area contributed by atoms with Crippen LogP contribution in [0.5, 0.6) is 5.75 Å². The highest BCUT2D eigenvalue weighted by Gasteiger charge is 2.13. The molecule has 1 N–H and O–H groups in total. The molecule has 0 heterocycles. The quantitative estimate of drug-likeness (QED) is 0.646. The topological polar surface area (TPSA) is 54.4 Å². The van der Waals surface area contributed by atoms with Crippen LogP contribution in [-0.4, -0.2) is 17.2 Å². The van der Waals surface area contributed by atoms with Gasteiger partial charge in [-0.3, -0.25) is 9.59 Å². The van der Waals surface area contributed by atoms with Crippen molar-refractivity contribution in [2.24, 2.45) is 0 Å². The highest BCUT2D eigenvalue weighted by Crippen LogP contribution is 2.21. The van der Waals surface area contributed by atoms with Crippen LogP contribution in [0.3, 0.4) is 0 Å². The van der Waals surface area contributed by atoms with Crippen molar-refractivity contribution < 1.29 is 14.7 Å². The van der Waals surface area contributed by atoms with Crippen molar-refractivity contribution >= 4 is 12.1 Å². The van der Waals surface area contributed by atoms with Gasteiger partial charge in [0.05, 0.1) is 5.56 Å².